The van der Waals surface area contributed by atoms with Crippen molar-refractivity contribution in [3.05, 3.63) is 11.6 Å². The highest BCUT2D eigenvalue weighted by Gasteiger charge is 2.70. The molecule has 0 aromatic heterocycles. The Bertz CT molecular complexity index is 1420. The minimum Gasteiger partial charge on any atom is -0.432 e. The van der Waals surface area contributed by atoms with Crippen LogP contribution in [0.5, 0.6) is 0 Å². The SMILES string of the molecule is C[C@@H]1[C@H]2C3=CC[C@@H]4[C@@]5(C)CC[C@H](O[C@@H]6OC[C@H](O)[C@H](O)[C@H]6O)C(C)(C)[C@@H]5CC[C@@]4(C)[C@]3(C)CC[C@@]2(C(=O)O[C@@H]2O[C@H](CO)[C@@H](O)[C@H](O)[C@H]2O)CC[C@@H]1C. The van der Waals surface area contributed by atoms with Crippen LogP contribution in [0, 0.1) is 56.7 Å². The van der Waals surface area contributed by atoms with Gasteiger partial charge in [-0.2, -0.15) is 0 Å². The van der Waals surface area contributed by atoms with Gasteiger partial charge in [-0.3, -0.25) is 4.79 Å². The van der Waals surface area contributed by atoms with Gasteiger partial charge in [0.2, 0.25) is 6.29 Å². The minimum absolute atomic E-state index is 0.00515. The van der Waals surface area contributed by atoms with Gasteiger partial charge in [0.15, 0.2) is 6.29 Å². The lowest BCUT2D eigenvalue weighted by molar-refractivity contribution is -0.308. The molecule has 7 aliphatic rings. The highest BCUT2D eigenvalue weighted by atomic mass is 16.7. The van der Waals surface area contributed by atoms with Crippen molar-refractivity contribution in [3.63, 3.8) is 0 Å². The van der Waals surface area contributed by atoms with E-state index in [4.69, 9.17) is 18.9 Å². The van der Waals surface area contributed by atoms with Crippen LogP contribution < -0.4 is 0 Å². The molecule has 0 aromatic rings. The van der Waals surface area contributed by atoms with Crippen LogP contribution in [0.2, 0.25) is 0 Å². The Hall–Kier alpha value is -1.19. The molecule has 302 valence electrons. The number of hydrogen-bond donors (Lipinski definition) is 7. The first-order valence-corrected chi connectivity index (χ1v) is 20.3. The molecular weight excluding hydrogens is 684 g/mol. The molecule has 4 saturated carbocycles. The molecule has 7 N–H and O–H groups in total. The monoisotopic (exact) mass is 750 g/mol. The smallest absolute Gasteiger partial charge is 0.315 e. The quantitative estimate of drug-likeness (QED) is 0.124. The number of aliphatic hydroxyl groups excluding tert-OH is 7. The summed E-state index contributed by atoms with van der Waals surface area (Å²) in [5.41, 5.74) is 0.0874. The van der Waals surface area contributed by atoms with E-state index in [2.05, 4.69) is 54.5 Å². The predicted molar refractivity (Wildman–Crippen MR) is 191 cm³/mol. The highest BCUT2D eigenvalue weighted by Crippen LogP contribution is 2.76. The van der Waals surface area contributed by atoms with Crippen LogP contribution in [-0.4, -0.2) is 116 Å². The lowest BCUT2D eigenvalue weighted by Gasteiger charge is -2.71. The van der Waals surface area contributed by atoms with Gasteiger partial charge in [0.05, 0.1) is 24.7 Å². The van der Waals surface area contributed by atoms with E-state index < -0.39 is 73.3 Å². The lowest BCUT2D eigenvalue weighted by atomic mass is 9.33. The van der Waals surface area contributed by atoms with Gasteiger partial charge in [-0.1, -0.05) is 60.1 Å². The third-order valence-electron chi connectivity index (χ3n) is 17.2. The molecule has 0 amide bonds. The van der Waals surface area contributed by atoms with Crippen molar-refractivity contribution >= 4 is 5.97 Å². The number of aliphatic hydroxyl groups is 7. The van der Waals surface area contributed by atoms with Gasteiger partial charge < -0.3 is 54.7 Å². The normalized spacial score (nSPS) is 55.1. The summed E-state index contributed by atoms with van der Waals surface area (Å²) in [6.45, 7) is 15.8. The number of ether oxygens (including phenoxy) is 4. The van der Waals surface area contributed by atoms with Crippen LogP contribution in [0.4, 0.5) is 0 Å². The second kappa shape index (κ2) is 13.7. The molecule has 0 radical (unpaired) electrons. The second-order valence-corrected chi connectivity index (χ2v) is 19.6. The molecule has 12 nitrogen and oxygen atoms in total. The predicted octanol–water partition coefficient (Wildman–Crippen LogP) is 2.81. The molecule has 0 spiro atoms. The summed E-state index contributed by atoms with van der Waals surface area (Å²) < 4.78 is 23.8. The van der Waals surface area contributed by atoms with E-state index in [1.54, 1.807) is 0 Å². The lowest BCUT2D eigenvalue weighted by Crippen LogP contribution is -2.66. The van der Waals surface area contributed by atoms with Crippen molar-refractivity contribution < 1.29 is 59.5 Å². The maximum absolute atomic E-state index is 14.6. The average Bonchev–Trinajstić information content (AvgIpc) is 3.11. The summed E-state index contributed by atoms with van der Waals surface area (Å²) in [7, 11) is 0. The number of rotatable bonds is 5. The van der Waals surface area contributed by atoms with Gasteiger partial charge in [0.1, 0.15) is 42.7 Å². The zero-order valence-corrected chi connectivity index (χ0v) is 32.7. The number of carbonyl (C=O) groups excluding carboxylic acids is 1. The molecule has 6 fully saturated rings. The summed E-state index contributed by atoms with van der Waals surface area (Å²) in [6, 6.07) is 0. The van der Waals surface area contributed by atoms with Gasteiger partial charge >= 0.3 is 5.97 Å². The van der Waals surface area contributed by atoms with Crippen molar-refractivity contribution in [2.45, 2.75) is 168 Å². The summed E-state index contributed by atoms with van der Waals surface area (Å²) in [5, 5.41) is 72.3. The van der Waals surface area contributed by atoms with Gasteiger partial charge in [-0.25, -0.2) is 0 Å². The van der Waals surface area contributed by atoms with Crippen molar-refractivity contribution in [3.8, 4) is 0 Å². The molecular formula is C41H66O12. The van der Waals surface area contributed by atoms with Gasteiger partial charge in [0, 0.05) is 0 Å². The van der Waals surface area contributed by atoms with E-state index >= 15 is 0 Å². The Kier molecular flexibility index (Phi) is 10.4. The maximum Gasteiger partial charge on any atom is 0.315 e. The van der Waals surface area contributed by atoms with Crippen LogP contribution >= 0.6 is 0 Å². The van der Waals surface area contributed by atoms with Gasteiger partial charge in [-0.05, 0) is 109 Å². The maximum atomic E-state index is 14.6. The van der Waals surface area contributed by atoms with E-state index in [1.165, 1.54) is 5.57 Å². The highest BCUT2D eigenvalue weighted by molar-refractivity contribution is 5.79. The fourth-order valence-electron chi connectivity index (χ4n) is 13.5. The fourth-order valence-corrected chi connectivity index (χ4v) is 13.5. The van der Waals surface area contributed by atoms with E-state index in [-0.39, 0.29) is 46.2 Å². The van der Waals surface area contributed by atoms with Gasteiger partial charge in [-0.15, -0.1) is 0 Å². The van der Waals surface area contributed by atoms with Gasteiger partial charge in [0.25, 0.3) is 0 Å². The third-order valence-corrected chi connectivity index (χ3v) is 17.2. The third kappa shape index (κ3) is 5.77. The largest absolute Gasteiger partial charge is 0.432 e. The Morgan fingerprint density at radius 2 is 1.51 bits per heavy atom. The molecule has 0 unspecified atom stereocenters. The first-order valence-electron chi connectivity index (χ1n) is 20.3. The molecule has 7 rings (SSSR count). The summed E-state index contributed by atoms with van der Waals surface area (Å²) in [5.74, 6) is 0.815. The first kappa shape index (κ1) is 40.0. The topological polar surface area (TPSA) is 196 Å². The standard InChI is InChI=1S/C41H66O12/c1-20-10-15-41(36(49)53-35-33(48)31(46)30(45)24(18-42)51-35)17-16-39(6)22(28(41)21(20)2)8-9-26-38(5)13-12-27(37(3,4)25(38)11-14-40(26,39)7)52-34-32(47)29(44)23(43)19-50-34/h8,20-21,23-35,42-48H,9-19H2,1-7H3/t20-,21-,23-,24+,25-,26+,27-,28-,29-,30+,31-,32+,33+,34-,35-,38-,39+,40+,41-/m0/s1. The number of esters is 1. The summed E-state index contributed by atoms with van der Waals surface area (Å²) in [6.07, 6.45) is -2.31. The molecule has 5 aliphatic carbocycles. The Labute approximate surface area is 314 Å². The second-order valence-electron chi connectivity index (χ2n) is 19.6. The van der Waals surface area contributed by atoms with Crippen LogP contribution in [-0.2, 0) is 23.7 Å². The Balaban J connectivity index is 1.17. The van der Waals surface area contributed by atoms with Crippen LogP contribution in [0.25, 0.3) is 0 Å². The molecule has 12 heteroatoms. The van der Waals surface area contributed by atoms with Crippen LogP contribution in [0.3, 0.4) is 0 Å². The molecule has 2 heterocycles. The fraction of sp³-hybridized carbons (Fsp3) is 0.927. The molecule has 53 heavy (non-hydrogen) atoms. The Morgan fingerprint density at radius 3 is 2.21 bits per heavy atom. The average molecular weight is 751 g/mol. The van der Waals surface area contributed by atoms with Crippen molar-refractivity contribution in [1.29, 1.82) is 0 Å². The molecule has 2 aliphatic heterocycles. The zero-order valence-electron chi connectivity index (χ0n) is 32.7. The summed E-state index contributed by atoms with van der Waals surface area (Å²) in [4.78, 5) is 14.6. The molecule has 0 bridgehead atoms. The number of hydrogen-bond acceptors (Lipinski definition) is 12. The minimum atomic E-state index is -1.64. The zero-order chi connectivity index (χ0) is 38.6. The van der Waals surface area contributed by atoms with Crippen molar-refractivity contribution in [1.82, 2.24) is 0 Å². The summed E-state index contributed by atoms with van der Waals surface area (Å²) >= 11 is 0. The molecule has 19 atom stereocenters. The van der Waals surface area contributed by atoms with Crippen molar-refractivity contribution in [2.75, 3.05) is 13.2 Å². The van der Waals surface area contributed by atoms with Crippen molar-refractivity contribution in [2.24, 2.45) is 56.7 Å². The molecule has 0 aromatic carbocycles. The van der Waals surface area contributed by atoms with E-state index in [0.717, 1.165) is 44.9 Å². The number of fused-ring (bicyclic) bond motifs is 7. The van der Waals surface area contributed by atoms with Crippen LogP contribution in [0.1, 0.15) is 106 Å². The van der Waals surface area contributed by atoms with Crippen LogP contribution in [0.15, 0.2) is 11.6 Å². The molecule has 2 saturated heterocycles. The number of carbonyl (C=O) groups is 1. The van der Waals surface area contributed by atoms with E-state index in [1.807, 2.05) is 0 Å². The van der Waals surface area contributed by atoms with E-state index in [0.29, 0.717) is 30.6 Å². The Morgan fingerprint density at radius 1 is 0.811 bits per heavy atom. The van der Waals surface area contributed by atoms with E-state index in [9.17, 15) is 40.5 Å². The number of allylic oxidation sites excluding steroid dienone is 2. The first-order chi connectivity index (χ1) is 24.8.